The SMILES string of the molecule is COc1cc2c(cc1OC)C(N(C)C)=S1CCc3c(OC)c(OC)cc(Cc4ccccc4)c3C1=C2. The van der Waals surface area contributed by atoms with Gasteiger partial charge in [0.05, 0.1) is 33.4 Å². The second kappa shape index (κ2) is 10.0. The maximum absolute atomic E-state index is 5.93. The molecule has 0 saturated carbocycles. The maximum atomic E-state index is 5.93. The van der Waals surface area contributed by atoms with E-state index >= 15 is 0 Å². The van der Waals surface area contributed by atoms with Crippen molar-refractivity contribution in [3.05, 3.63) is 81.9 Å². The van der Waals surface area contributed by atoms with E-state index in [-0.39, 0.29) is 10.5 Å². The lowest BCUT2D eigenvalue weighted by Gasteiger charge is -2.35. The molecular formula is C30H33NO4S. The van der Waals surface area contributed by atoms with E-state index < -0.39 is 0 Å². The molecule has 5 nitrogen and oxygen atoms in total. The molecule has 0 aromatic heterocycles. The molecule has 0 amide bonds. The largest absolute Gasteiger partial charge is 0.493 e. The number of rotatable bonds is 6. The minimum Gasteiger partial charge on any atom is -0.493 e. The smallest absolute Gasteiger partial charge is 0.164 e. The molecule has 3 aromatic rings. The van der Waals surface area contributed by atoms with Crippen molar-refractivity contribution in [2.24, 2.45) is 0 Å². The molecule has 1 unspecified atom stereocenters. The lowest BCUT2D eigenvalue weighted by molar-refractivity contribution is 0.351. The van der Waals surface area contributed by atoms with Gasteiger partial charge in [0.1, 0.15) is 0 Å². The standard InChI is InChI=1S/C30H33NO4S/c1-31(2)30-23-18-25(33-4)24(32-3)15-20(23)17-27-28-21(14-19-10-8-7-9-11-19)16-26(34-5)29(35-6)22(28)12-13-36(27)30/h7-11,15-18H,12-14H2,1-6H3. The van der Waals surface area contributed by atoms with E-state index in [1.54, 1.807) is 28.4 Å². The summed E-state index contributed by atoms with van der Waals surface area (Å²) in [6, 6.07) is 17.0. The molecule has 2 aliphatic heterocycles. The molecule has 188 valence electrons. The van der Waals surface area contributed by atoms with Crippen molar-refractivity contribution in [1.29, 1.82) is 0 Å². The second-order valence-corrected chi connectivity index (χ2v) is 11.2. The van der Waals surface area contributed by atoms with Gasteiger partial charge in [-0.05, 0) is 79.2 Å². The van der Waals surface area contributed by atoms with Crippen LogP contribution in [-0.2, 0) is 12.8 Å². The highest BCUT2D eigenvalue weighted by atomic mass is 32.2. The second-order valence-electron chi connectivity index (χ2n) is 9.13. The van der Waals surface area contributed by atoms with E-state index in [9.17, 15) is 0 Å². The van der Waals surface area contributed by atoms with Crippen LogP contribution in [0.2, 0.25) is 0 Å². The fourth-order valence-corrected chi connectivity index (χ4v) is 8.03. The Morgan fingerprint density at radius 2 is 1.53 bits per heavy atom. The highest BCUT2D eigenvalue weighted by Gasteiger charge is 2.32. The molecule has 0 spiro atoms. The van der Waals surface area contributed by atoms with Crippen LogP contribution in [0.5, 0.6) is 23.0 Å². The van der Waals surface area contributed by atoms with Gasteiger partial charge in [0.25, 0.3) is 0 Å². The predicted octanol–water partition coefficient (Wildman–Crippen LogP) is 5.69. The molecule has 0 saturated heterocycles. The Hall–Kier alpha value is -3.22. The van der Waals surface area contributed by atoms with E-state index in [0.717, 1.165) is 47.2 Å². The molecule has 0 aliphatic carbocycles. The molecule has 2 heterocycles. The molecule has 6 heteroatoms. The molecule has 5 rings (SSSR count). The molecule has 3 aromatic carbocycles. The summed E-state index contributed by atoms with van der Waals surface area (Å²) in [5.41, 5.74) is 7.42. The normalized spacial score (nSPS) is 16.0. The van der Waals surface area contributed by atoms with Crippen molar-refractivity contribution in [2.75, 3.05) is 48.3 Å². The lowest BCUT2D eigenvalue weighted by Crippen LogP contribution is -2.28. The van der Waals surface area contributed by atoms with Crippen molar-refractivity contribution in [2.45, 2.75) is 12.8 Å². The van der Waals surface area contributed by atoms with Gasteiger partial charge in [0.2, 0.25) is 0 Å². The van der Waals surface area contributed by atoms with Crippen LogP contribution in [0, 0.1) is 0 Å². The molecule has 2 aliphatic rings. The molecule has 0 bridgehead atoms. The van der Waals surface area contributed by atoms with Crippen LogP contribution in [0.15, 0.2) is 48.5 Å². The zero-order valence-corrected chi connectivity index (χ0v) is 22.6. The number of methoxy groups -OCH3 is 4. The van der Waals surface area contributed by atoms with Gasteiger partial charge in [0.15, 0.2) is 23.0 Å². The van der Waals surface area contributed by atoms with E-state index in [0.29, 0.717) is 0 Å². The van der Waals surface area contributed by atoms with Crippen molar-refractivity contribution >= 4 is 26.5 Å². The fourth-order valence-electron chi connectivity index (χ4n) is 5.34. The van der Waals surface area contributed by atoms with Crippen LogP contribution in [0.4, 0.5) is 0 Å². The first-order chi connectivity index (χ1) is 17.5. The minimum atomic E-state index is -0.0882. The summed E-state index contributed by atoms with van der Waals surface area (Å²) in [6.45, 7) is 0. The quantitative estimate of drug-likeness (QED) is 0.404. The summed E-state index contributed by atoms with van der Waals surface area (Å²) in [6.07, 6.45) is 4.11. The Balaban J connectivity index is 1.80. The summed E-state index contributed by atoms with van der Waals surface area (Å²) < 4.78 is 23.1. The average Bonchev–Trinajstić information content (AvgIpc) is 2.90. The molecule has 1 atom stereocenters. The minimum absolute atomic E-state index is 0.0882. The third kappa shape index (κ3) is 4.08. The summed E-state index contributed by atoms with van der Waals surface area (Å²) in [5, 5.41) is 0. The first-order valence-electron chi connectivity index (χ1n) is 12.0. The number of hydrogen-bond donors (Lipinski definition) is 0. The van der Waals surface area contributed by atoms with Gasteiger partial charge in [-0.15, -0.1) is 10.5 Å². The van der Waals surface area contributed by atoms with Crippen molar-refractivity contribution in [3.8, 4) is 23.0 Å². The Morgan fingerprint density at radius 1 is 0.833 bits per heavy atom. The fraction of sp³-hybridized carbons (Fsp3) is 0.300. The first kappa shape index (κ1) is 24.5. The highest BCUT2D eigenvalue weighted by molar-refractivity contribution is 8.24. The topological polar surface area (TPSA) is 40.2 Å². The predicted molar refractivity (Wildman–Crippen MR) is 150 cm³/mol. The van der Waals surface area contributed by atoms with Crippen LogP contribution in [0.1, 0.15) is 33.4 Å². The van der Waals surface area contributed by atoms with E-state index in [4.69, 9.17) is 18.9 Å². The first-order valence-corrected chi connectivity index (χ1v) is 13.4. The third-order valence-electron chi connectivity index (χ3n) is 6.87. The van der Waals surface area contributed by atoms with Crippen LogP contribution in [0.3, 0.4) is 0 Å². The van der Waals surface area contributed by atoms with Crippen molar-refractivity contribution in [1.82, 2.24) is 4.90 Å². The van der Waals surface area contributed by atoms with Crippen LogP contribution < -0.4 is 18.9 Å². The number of nitrogens with zero attached hydrogens (tertiary/aromatic N) is 1. The molecule has 0 fully saturated rings. The number of hydrogen-bond acceptors (Lipinski definition) is 5. The zero-order chi connectivity index (χ0) is 25.4. The number of fused-ring (bicyclic) bond motifs is 4. The molecule has 0 radical (unpaired) electrons. The van der Waals surface area contributed by atoms with Crippen molar-refractivity contribution in [3.63, 3.8) is 0 Å². The average molecular weight is 504 g/mol. The summed E-state index contributed by atoms with van der Waals surface area (Å²) >= 11 is 0. The molecular weight excluding hydrogens is 470 g/mol. The van der Waals surface area contributed by atoms with Crippen molar-refractivity contribution < 1.29 is 18.9 Å². The van der Waals surface area contributed by atoms with Crippen LogP contribution in [-0.4, -0.2) is 58.2 Å². The summed E-state index contributed by atoms with van der Waals surface area (Å²) in [4.78, 5) is 4.95. The molecule has 36 heavy (non-hydrogen) atoms. The number of benzene rings is 3. The Bertz CT molecular complexity index is 1380. The van der Waals surface area contributed by atoms with E-state index in [1.165, 1.54) is 37.7 Å². The summed E-state index contributed by atoms with van der Waals surface area (Å²) in [7, 11) is 11.0. The van der Waals surface area contributed by atoms with Gasteiger partial charge in [-0.2, -0.15) is 0 Å². The monoisotopic (exact) mass is 503 g/mol. The zero-order valence-electron chi connectivity index (χ0n) is 21.8. The van der Waals surface area contributed by atoms with E-state index in [2.05, 4.69) is 73.6 Å². The van der Waals surface area contributed by atoms with Gasteiger partial charge in [-0.25, -0.2) is 0 Å². The summed E-state index contributed by atoms with van der Waals surface area (Å²) in [5.74, 6) is 4.15. The number of ether oxygens (including phenoxy) is 4. The molecule has 0 N–H and O–H groups in total. The van der Waals surface area contributed by atoms with Gasteiger partial charge >= 0.3 is 0 Å². The Kier molecular flexibility index (Phi) is 6.82. The van der Waals surface area contributed by atoms with Crippen LogP contribution >= 0.6 is 10.5 Å². The Morgan fingerprint density at radius 3 is 2.17 bits per heavy atom. The maximum Gasteiger partial charge on any atom is 0.164 e. The third-order valence-corrected chi connectivity index (χ3v) is 9.38. The lowest BCUT2D eigenvalue weighted by atomic mass is 9.91. The Labute approximate surface area is 216 Å². The van der Waals surface area contributed by atoms with Gasteiger partial charge in [-0.3, -0.25) is 4.90 Å². The van der Waals surface area contributed by atoms with E-state index in [1.807, 2.05) is 0 Å². The van der Waals surface area contributed by atoms with Gasteiger partial charge in [0, 0.05) is 16.0 Å². The van der Waals surface area contributed by atoms with Crippen LogP contribution in [0.25, 0.3) is 11.0 Å². The van der Waals surface area contributed by atoms with Gasteiger partial charge < -0.3 is 18.9 Å². The van der Waals surface area contributed by atoms with Gasteiger partial charge in [-0.1, -0.05) is 30.3 Å². The highest BCUT2D eigenvalue weighted by Crippen LogP contribution is 2.53.